The normalized spacial score (nSPS) is 27.7. The molecule has 1 atom stereocenters. The molecule has 0 bridgehead atoms. The lowest BCUT2D eigenvalue weighted by molar-refractivity contribution is 0.334. The second-order valence-electron chi connectivity index (χ2n) is 5.87. The maximum atomic E-state index is 6.20. The fourth-order valence-corrected chi connectivity index (χ4v) is 3.72. The molecule has 2 heterocycles. The fraction of sp³-hybridized carbons (Fsp3) is 0.533. The first-order valence-corrected chi connectivity index (χ1v) is 7.94. The number of rotatable bonds is 1. The largest absolute Gasteiger partial charge is 0.369 e. The number of guanidine groups is 1. The molecule has 108 valence electrons. The molecule has 2 N–H and O–H groups in total. The maximum Gasteiger partial charge on any atom is 0.196 e. The summed E-state index contributed by atoms with van der Waals surface area (Å²) in [6.07, 6.45) is 3.46. The fourth-order valence-electron chi connectivity index (χ4n) is 3.33. The first-order valence-electron chi connectivity index (χ1n) is 7.15. The summed E-state index contributed by atoms with van der Waals surface area (Å²) in [6.45, 7) is 3.08. The van der Waals surface area contributed by atoms with Crippen molar-refractivity contribution in [2.75, 3.05) is 31.6 Å². The smallest absolute Gasteiger partial charge is 0.196 e. The molecule has 4 nitrogen and oxygen atoms in total. The van der Waals surface area contributed by atoms with Gasteiger partial charge in [0, 0.05) is 16.7 Å². The van der Waals surface area contributed by atoms with Gasteiger partial charge in [0.15, 0.2) is 5.96 Å². The van der Waals surface area contributed by atoms with E-state index in [-0.39, 0.29) is 5.54 Å². The lowest BCUT2D eigenvalue weighted by Gasteiger charge is -2.38. The Bertz CT molecular complexity index is 530. The molecular weight excluding hydrogens is 316 g/mol. The van der Waals surface area contributed by atoms with Gasteiger partial charge < -0.3 is 15.5 Å². The molecule has 0 radical (unpaired) electrons. The third-order valence-corrected chi connectivity index (χ3v) is 4.94. The van der Waals surface area contributed by atoms with Crippen LogP contribution in [0.3, 0.4) is 0 Å². The molecule has 1 spiro atoms. The van der Waals surface area contributed by atoms with Crippen LogP contribution in [0, 0.1) is 0 Å². The Morgan fingerprint density at radius 3 is 2.95 bits per heavy atom. The van der Waals surface area contributed by atoms with Crippen LogP contribution in [0.2, 0.25) is 0 Å². The average Bonchev–Trinajstić information content (AvgIpc) is 2.61. The Hall–Kier alpha value is -1.07. The SMILES string of the molecule is CN1CCCC2(CC1)CN=C(N)N2c1cccc(Br)c1. The lowest BCUT2D eigenvalue weighted by Crippen LogP contribution is -2.52. The number of likely N-dealkylation sites (tertiary alicyclic amines) is 1. The van der Waals surface area contributed by atoms with E-state index in [9.17, 15) is 0 Å². The second kappa shape index (κ2) is 5.37. The summed E-state index contributed by atoms with van der Waals surface area (Å²) in [7, 11) is 2.20. The van der Waals surface area contributed by atoms with Gasteiger partial charge in [0.1, 0.15) is 0 Å². The molecule has 0 aliphatic carbocycles. The van der Waals surface area contributed by atoms with E-state index < -0.39 is 0 Å². The van der Waals surface area contributed by atoms with Gasteiger partial charge in [-0.05, 0) is 51.1 Å². The zero-order valence-electron chi connectivity index (χ0n) is 11.8. The number of nitrogens with two attached hydrogens (primary N) is 1. The third-order valence-electron chi connectivity index (χ3n) is 4.45. The zero-order valence-corrected chi connectivity index (χ0v) is 13.4. The first-order chi connectivity index (χ1) is 9.61. The van der Waals surface area contributed by atoms with Gasteiger partial charge in [-0.25, -0.2) is 0 Å². The molecule has 1 unspecified atom stereocenters. The van der Waals surface area contributed by atoms with Gasteiger partial charge in [-0.15, -0.1) is 0 Å². The number of aliphatic imine (C=N–C) groups is 1. The van der Waals surface area contributed by atoms with Crippen LogP contribution in [0.25, 0.3) is 0 Å². The average molecular weight is 337 g/mol. The third kappa shape index (κ3) is 2.44. The highest BCUT2D eigenvalue weighted by Gasteiger charge is 2.43. The van der Waals surface area contributed by atoms with Gasteiger partial charge in [-0.2, -0.15) is 0 Å². The highest BCUT2D eigenvalue weighted by atomic mass is 79.9. The molecule has 3 rings (SSSR count). The molecule has 0 amide bonds. The molecule has 5 heteroatoms. The highest BCUT2D eigenvalue weighted by Crippen LogP contribution is 2.37. The van der Waals surface area contributed by atoms with Gasteiger partial charge in [0.2, 0.25) is 0 Å². The van der Waals surface area contributed by atoms with Gasteiger partial charge in [-0.1, -0.05) is 22.0 Å². The van der Waals surface area contributed by atoms with Gasteiger partial charge in [0.05, 0.1) is 12.1 Å². The number of nitrogens with zero attached hydrogens (tertiary/aromatic N) is 3. The van der Waals surface area contributed by atoms with E-state index in [0.717, 1.165) is 42.6 Å². The Balaban J connectivity index is 1.95. The molecule has 0 aromatic heterocycles. The summed E-state index contributed by atoms with van der Waals surface area (Å²) in [5.74, 6) is 0.660. The Morgan fingerprint density at radius 2 is 2.15 bits per heavy atom. The van der Waals surface area contributed by atoms with Crippen LogP contribution < -0.4 is 10.6 Å². The quantitative estimate of drug-likeness (QED) is 0.856. The highest BCUT2D eigenvalue weighted by molar-refractivity contribution is 9.10. The summed E-state index contributed by atoms with van der Waals surface area (Å²) in [4.78, 5) is 9.22. The maximum absolute atomic E-state index is 6.20. The topological polar surface area (TPSA) is 44.9 Å². The summed E-state index contributed by atoms with van der Waals surface area (Å²) in [6, 6.07) is 8.35. The van der Waals surface area contributed by atoms with E-state index in [1.807, 2.05) is 6.07 Å². The Kier molecular flexibility index (Phi) is 3.73. The van der Waals surface area contributed by atoms with E-state index in [4.69, 9.17) is 5.73 Å². The number of hydrogen-bond donors (Lipinski definition) is 1. The lowest BCUT2D eigenvalue weighted by atomic mass is 9.89. The Labute approximate surface area is 128 Å². The summed E-state index contributed by atoms with van der Waals surface area (Å²) in [5, 5.41) is 0. The van der Waals surface area contributed by atoms with Crippen LogP contribution in [-0.4, -0.2) is 43.1 Å². The van der Waals surface area contributed by atoms with E-state index in [2.05, 4.69) is 56.0 Å². The molecule has 1 aromatic rings. The summed E-state index contributed by atoms with van der Waals surface area (Å²) < 4.78 is 1.08. The molecule has 2 aliphatic rings. The predicted octanol–water partition coefficient (Wildman–Crippen LogP) is 2.44. The van der Waals surface area contributed by atoms with Gasteiger partial charge in [0.25, 0.3) is 0 Å². The molecule has 1 aromatic carbocycles. The number of anilines is 1. The van der Waals surface area contributed by atoms with E-state index in [1.54, 1.807) is 0 Å². The van der Waals surface area contributed by atoms with E-state index in [0.29, 0.717) is 5.96 Å². The van der Waals surface area contributed by atoms with Crippen molar-refractivity contribution in [2.45, 2.75) is 24.8 Å². The standard InChI is InChI=1S/C15H21BrN4/c1-19-8-3-6-15(7-9-19)11-18-14(17)20(15)13-5-2-4-12(16)10-13/h2,4-5,10H,3,6-9,11H2,1H3,(H2,17,18). The van der Waals surface area contributed by atoms with Gasteiger partial charge >= 0.3 is 0 Å². The molecule has 1 fully saturated rings. The monoisotopic (exact) mass is 336 g/mol. The molecular formula is C15H21BrN4. The van der Waals surface area contributed by atoms with Crippen molar-refractivity contribution in [3.05, 3.63) is 28.7 Å². The molecule has 20 heavy (non-hydrogen) atoms. The minimum absolute atomic E-state index is 0.0651. The Morgan fingerprint density at radius 1 is 1.30 bits per heavy atom. The van der Waals surface area contributed by atoms with Crippen molar-refractivity contribution < 1.29 is 0 Å². The van der Waals surface area contributed by atoms with Crippen LogP contribution in [0.5, 0.6) is 0 Å². The first kappa shape index (κ1) is 13.9. The summed E-state index contributed by atoms with van der Waals surface area (Å²) >= 11 is 3.55. The van der Waals surface area contributed by atoms with Crippen molar-refractivity contribution in [3.8, 4) is 0 Å². The van der Waals surface area contributed by atoms with Crippen molar-refractivity contribution >= 4 is 27.6 Å². The van der Waals surface area contributed by atoms with Crippen LogP contribution in [-0.2, 0) is 0 Å². The van der Waals surface area contributed by atoms with Crippen LogP contribution in [0.1, 0.15) is 19.3 Å². The molecule has 1 saturated heterocycles. The zero-order chi connectivity index (χ0) is 14.2. The minimum Gasteiger partial charge on any atom is -0.369 e. The summed E-state index contributed by atoms with van der Waals surface area (Å²) in [5.41, 5.74) is 7.41. The van der Waals surface area contributed by atoms with Crippen molar-refractivity contribution in [2.24, 2.45) is 10.7 Å². The van der Waals surface area contributed by atoms with Crippen molar-refractivity contribution in [3.63, 3.8) is 0 Å². The van der Waals surface area contributed by atoms with E-state index >= 15 is 0 Å². The molecule has 2 aliphatic heterocycles. The predicted molar refractivity (Wildman–Crippen MR) is 87.2 cm³/mol. The van der Waals surface area contributed by atoms with Crippen LogP contribution in [0.15, 0.2) is 33.7 Å². The second-order valence-corrected chi connectivity index (χ2v) is 6.79. The minimum atomic E-state index is 0.0651. The number of halogens is 1. The number of hydrogen-bond acceptors (Lipinski definition) is 4. The van der Waals surface area contributed by atoms with E-state index in [1.165, 1.54) is 6.42 Å². The van der Waals surface area contributed by atoms with Crippen LogP contribution >= 0.6 is 15.9 Å². The van der Waals surface area contributed by atoms with Crippen LogP contribution in [0.4, 0.5) is 5.69 Å². The van der Waals surface area contributed by atoms with Gasteiger partial charge in [-0.3, -0.25) is 4.99 Å². The molecule has 0 saturated carbocycles. The number of benzene rings is 1. The van der Waals surface area contributed by atoms with Crippen molar-refractivity contribution in [1.29, 1.82) is 0 Å². The van der Waals surface area contributed by atoms with Crippen molar-refractivity contribution in [1.82, 2.24) is 4.90 Å².